The Morgan fingerprint density at radius 3 is 2.20 bits per heavy atom. The third kappa shape index (κ3) is 2.93. The van der Waals surface area contributed by atoms with Crippen molar-refractivity contribution in [1.29, 1.82) is 0 Å². The van der Waals surface area contributed by atoms with Gasteiger partial charge in [-0.25, -0.2) is 0 Å². The molecule has 0 aromatic heterocycles. The summed E-state index contributed by atoms with van der Waals surface area (Å²) in [5.74, 6) is -0.203. The molecule has 0 unspecified atom stereocenters. The van der Waals surface area contributed by atoms with Crippen LogP contribution >= 0.6 is 15.9 Å². The van der Waals surface area contributed by atoms with Crippen LogP contribution in [0.3, 0.4) is 0 Å². The maximum Gasteiger partial charge on any atom is 0.255 e. The standard InChI is InChI=1S/C15H16BrN3O/c1-8-5-11(16)6-9(2)14(8)19-15(20)10-3-4-12(17)13(18)7-10/h3-7H,17-18H2,1-2H3,(H,19,20). The summed E-state index contributed by atoms with van der Waals surface area (Å²) in [6, 6.07) is 8.78. The summed E-state index contributed by atoms with van der Waals surface area (Å²) < 4.78 is 0.988. The summed E-state index contributed by atoms with van der Waals surface area (Å²) in [5, 5.41) is 2.91. The molecule has 0 saturated heterocycles. The van der Waals surface area contributed by atoms with Gasteiger partial charge in [-0.05, 0) is 55.3 Å². The van der Waals surface area contributed by atoms with Crippen molar-refractivity contribution in [2.24, 2.45) is 0 Å². The number of nitrogens with two attached hydrogens (primary N) is 2. The van der Waals surface area contributed by atoms with E-state index in [-0.39, 0.29) is 5.91 Å². The van der Waals surface area contributed by atoms with Gasteiger partial charge in [0.25, 0.3) is 5.91 Å². The van der Waals surface area contributed by atoms with Gasteiger partial charge in [-0.1, -0.05) is 15.9 Å². The molecule has 4 nitrogen and oxygen atoms in total. The normalized spacial score (nSPS) is 10.3. The third-order valence-electron chi connectivity index (χ3n) is 3.08. The molecular formula is C15H16BrN3O. The SMILES string of the molecule is Cc1cc(Br)cc(C)c1NC(=O)c1ccc(N)c(N)c1. The fraction of sp³-hybridized carbons (Fsp3) is 0.133. The lowest BCUT2D eigenvalue weighted by Crippen LogP contribution is -2.14. The van der Waals surface area contributed by atoms with Gasteiger partial charge in [-0.15, -0.1) is 0 Å². The van der Waals surface area contributed by atoms with Crippen LogP contribution in [0.4, 0.5) is 17.1 Å². The van der Waals surface area contributed by atoms with Crippen molar-refractivity contribution in [3.8, 4) is 0 Å². The zero-order valence-electron chi connectivity index (χ0n) is 11.3. The Bertz CT molecular complexity index is 660. The Kier molecular flexibility index (Phi) is 3.99. The number of halogens is 1. The first-order valence-electron chi connectivity index (χ1n) is 6.11. The molecule has 0 aliphatic carbocycles. The molecule has 2 aromatic rings. The summed E-state index contributed by atoms with van der Waals surface area (Å²) in [4.78, 5) is 12.2. The van der Waals surface area contributed by atoms with E-state index in [9.17, 15) is 4.79 Å². The highest BCUT2D eigenvalue weighted by atomic mass is 79.9. The average molecular weight is 334 g/mol. The van der Waals surface area contributed by atoms with Crippen molar-refractivity contribution in [3.63, 3.8) is 0 Å². The molecule has 0 saturated carbocycles. The maximum atomic E-state index is 12.2. The summed E-state index contributed by atoms with van der Waals surface area (Å²) in [6.07, 6.45) is 0. The van der Waals surface area contributed by atoms with Gasteiger partial charge in [-0.2, -0.15) is 0 Å². The Labute approximate surface area is 126 Å². The van der Waals surface area contributed by atoms with Crippen LogP contribution in [-0.4, -0.2) is 5.91 Å². The topological polar surface area (TPSA) is 81.1 Å². The Hall–Kier alpha value is -2.01. The molecule has 0 aliphatic heterocycles. The van der Waals surface area contributed by atoms with E-state index in [1.807, 2.05) is 26.0 Å². The lowest BCUT2D eigenvalue weighted by atomic mass is 10.1. The molecule has 0 radical (unpaired) electrons. The number of carbonyl (C=O) groups is 1. The number of hydrogen-bond acceptors (Lipinski definition) is 3. The highest BCUT2D eigenvalue weighted by Gasteiger charge is 2.11. The summed E-state index contributed by atoms with van der Waals surface area (Å²) in [5.41, 5.74) is 15.5. The average Bonchev–Trinajstić information content (AvgIpc) is 2.36. The lowest BCUT2D eigenvalue weighted by Gasteiger charge is -2.13. The second kappa shape index (κ2) is 5.54. The summed E-state index contributed by atoms with van der Waals surface area (Å²) >= 11 is 3.43. The lowest BCUT2D eigenvalue weighted by molar-refractivity contribution is 0.102. The monoisotopic (exact) mass is 333 g/mol. The van der Waals surface area contributed by atoms with Crippen LogP contribution in [0.5, 0.6) is 0 Å². The number of anilines is 3. The molecule has 5 N–H and O–H groups in total. The molecule has 0 aliphatic rings. The van der Waals surface area contributed by atoms with Gasteiger partial charge in [0.1, 0.15) is 0 Å². The maximum absolute atomic E-state index is 12.2. The summed E-state index contributed by atoms with van der Waals surface area (Å²) in [7, 11) is 0. The van der Waals surface area contributed by atoms with Gasteiger partial charge in [0, 0.05) is 15.7 Å². The van der Waals surface area contributed by atoms with Gasteiger partial charge >= 0.3 is 0 Å². The Morgan fingerprint density at radius 1 is 1.05 bits per heavy atom. The van der Waals surface area contributed by atoms with Crippen LogP contribution in [0.1, 0.15) is 21.5 Å². The van der Waals surface area contributed by atoms with Crippen LogP contribution in [0.15, 0.2) is 34.8 Å². The van der Waals surface area contributed by atoms with E-state index in [4.69, 9.17) is 11.5 Å². The minimum Gasteiger partial charge on any atom is -0.397 e. The third-order valence-corrected chi connectivity index (χ3v) is 3.54. The number of aryl methyl sites for hydroxylation is 2. The smallest absolute Gasteiger partial charge is 0.255 e. The first-order chi connectivity index (χ1) is 9.38. The highest BCUT2D eigenvalue weighted by Crippen LogP contribution is 2.26. The number of hydrogen-bond donors (Lipinski definition) is 3. The number of nitrogen functional groups attached to an aromatic ring is 2. The van der Waals surface area contributed by atoms with Crippen molar-refractivity contribution in [2.75, 3.05) is 16.8 Å². The minimum atomic E-state index is -0.203. The predicted octanol–water partition coefficient (Wildman–Crippen LogP) is 3.48. The van der Waals surface area contributed by atoms with Crippen LogP contribution in [0, 0.1) is 13.8 Å². The molecule has 0 heterocycles. The second-order valence-corrected chi connectivity index (χ2v) is 5.63. The van der Waals surface area contributed by atoms with Crippen LogP contribution in [0.2, 0.25) is 0 Å². The second-order valence-electron chi connectivity index (χ2n) is 4.71. The summed E-state index contributed by atoms with van der Waals surface area (Å²) in [6.45, 7) is 3.90. The van der Waals surface area contributed by atoms with Gasteiger partial charge in [0.05, 0.1) is 11.4 Å². The first-order valence-corrected chi connectivity index (χ1v) is 6.91. The molecule has 1 amide bonds. The molecule has 5 heteroatoms. The Morgan fingerprint density at radius 2 is 1.65 bits per heavy atom. The van der Waals surface area contributed by atoms with Crippen molar-refractivity contribution >= 4 is 38.9 Å². The zero-order valence-corrected chi connectivity index (χ0v) is 12.9. The number of amides is 1. The number of rotatable bonds is 2. The number of benzene rings is 2. The minimum absolute atomic E-state index is 0.203. The van der Waals surface area contributed by atoms with Crippen molar-refractivity contribution < 1.29 is 4.79 Å². The van der Waals surface area contributed by atoms with E-state index in [2.05, 4.69) is 21.2 Å². The first kappa shape index (κ1) is 14.4. The number of carbonyl (C=O) groups excluding carboxylic acids is 1. The van der Waals surface area contributed by atoms with Gasteiger partial charge in [0.2, 0.25) is 0 Å². The molecule has 0 bridgehead atoms. The van der Waals surface area contributed by atoms with Gasteiger partial charge in [-0.3, -0.25) is 4.79 Å². The van der Waals surface area contributed by atoms with E-state index < -0.39 is 0 Å². The van der Waals surface area contributed by atoms with Crippen molar-refractivity contribution in [2.45, 2.75) is 13.8 Å². The largest absolute Gasteiger partial charge is 0.397 e. The van der Waals surface area contributed by atoms with E-state index >= 15 is 0 Å². The van der Waals surface area contributed by atoms with Crippen LogP contribution < -0.4 is 16.8 Å². The zero-order chi connectivity index (χ0) is 14.9. The van der Waals surface area contributed by atoms with Crippen LogP contribution in [0.25, 0.3) is 0 Å². The molecule has 0 fully saturated rings. The van der Waals surface area contributed by atoms with Crippen LogP contribution in [-0.2, 0) is 0 Å². The number of nitrogens with one attached hydrogen (secondary N) is 1. The quantitative estimate of drug-likeness (QED) is 0.736. The predicted molar refractivity (Wildman–Crippen MR) is 86.8 cm³/mol. The fourth-order valence-electron chi connectivity index (χ4n) is 2.01. The van der Waals surface area contributed by atoms with Crippen molar-refractivity contribution in [1.82, 2.24) is 0 Å². The molecule has 20 heavy (non-hydrogen) atoms. The molecule has 2 aromatic carbocycles. The molecule has 0 spiro atoms. The fourth-order valence-corrected chi connectivity index (χ4v) is 2.70. The molecule has 104 valence electrons. The van der Waals surface area contributed by atoms with Crippen molar-refractivity contribution in [3.05, 3.63) is 51.5 Å². The van der Waals surface area contributed by atoms with E-state index in [1.54, 1.807) is 18.2 Å². The molecule has 2 rings (SSSR count). The molecule has 0 atom stereocenters. The van der Waals surface area contributed by atoms with E-state index in [1.165, 1.54) is 0 Å². The van der Waals surface area contributed by atoms with E-state index in [0.717, 1.165) is 21.3 Å². The highest BCUT2D eigenvalue weighted by molar-refractivity contribution is 9.10. The molecular weight excluding hydrogens is 318 g/mol. The van der Waals surface area contributed by atoms with E-state index in [0.29, 0.717) is 16.9 Å². The van der Waals surface area contributed by atoms with Gasteiger partial charge in [0.15, 0.2) is 0 Å². The Balaban J connectivity index is 2.30. The van der Waals surface area contributed by atoms with Gasteiger partial charge < -0.3 is 16.8 Å².